The number of Topliss-reactive ketones (excluding diaryl/α,β-unsaturated/α-hetero) is 1. The number of ketones is 1. The summed E-state index contributed by atoms with van der Waals surface area (Å²) >= 11 is 1.37. The van der Waals surface area contributed by atoms with Gasteiger partial charge in [-0.2, -0.15) is 0 Å². The van der Waals surface area contributed by atoms with Crippen molar-refractivity contribution in [2.75, 3.05) is 12.4 Å². The van der Waals surface area contributed by atoms with Crippen molar-refractivity contribution >= 4 is 28.0 Å². The van der Waals surface area contributed by atoms with E-state index < -0.39 is 11.5 Å². The Bertz CT molecular complexity index is 511. The Morgan fingerprint density at radius 1 is 1.40 bits per heavy atom. The van der Waals surface area contributed by atoms with E-state index in [2.05, 4.69) is 5.32 Å². The normalized spacial score (nSPS) is 16.8. The molecular formula is C15H21NO3S. The zero-order valence-electron chi connectivity index (χ0n) is 12.4. The molecule has 1 aliphatic carbocycles. The Morgan fingerprint density at radius 2 is 2.05 bits per heavy atom. The van der Waals surface area contributed by atoms with E-state index in [9.17, 15) is 9.59 Å². The lowest BCUT2D eigenvalue weighted by Gasteiger charge is -2.18. The molecule has 0 saturated heterocycles. The molecule has 1 aromatic heterocycles. The van der Waals surface area contributed by atoms with Gasteiger partial charge in [-0.3, -0.25) is 9.59 Å². The first-order chi connectivity index (χ1) is 9.34. The number of methoxy groups -OCH3 is 1. The van der Waals surface area contributed by atoms with Crippen LogP contribution < -0.4 is 5.32 Å². The van der Waals surface area contributed by atoms with Crippen LogP contribution in [0.4, 0.5) is 5.00 Å². The molecule has 0 aromatic carbocycles. The van der Waals surface area contributed by atoms with E-state index in [0.717, 1.165) is 12.8 Å². The molecule has 0 aliphatic heterocycles. The van der Waals surface area contributed by atoms with Crippen LogP contribution in [-0.2, 0) is 9.53 Å². The van der Waals surface area contributed by atoms with E-state index >= 15 is 0 Å². The van der Waals surface area contributed by atoms with Crippen molar-refractivity contribution in [2.45, 2.75) is 39.7 Å². The van der Waals surface area contributed by atoms with Gasteiger partial charge >= 0.3 is 0 Å². The van der Waals surface area contributed by atoms with Gasteiger partial charge in [-0.15, -0.1) is 11.3 Å². The van der Waals surface area contributed by atoms with Crippen LogP contribution in [0.15, 0.2) is 11.4 Å². The first-order valence-electron chi connectivity index (χ1n) is 6.80. The Morgan fingerprint density at radius 3 is 2.55 bits per heavy atom. The number of carbonyl (C=O) groups excluding carboxylic acids is 2. The van der Waals surface area contributed by atoms with Crippen LogP contribution in [-0.4, -0.2) is 24.9 Å². The summed E-state index contributed by atoms with van der Waals surface area (Å²) in [6.45, 7) is 5.63. The number of anilines is 1. The van der Waals surface area contributed by atoms with Gasteiger partial charge in [-0.25, -0.2) is 0 Å². The van der Waals surface area contributed by atoms with Gasteiger partial charge in [0.1, 0.15) is 11.1 Å². The maximum Gasteiger partial charge on any atom is 0.254 e. The van der Waals surface area contributed by atoms with E-state index in [1.807, 2.05) is 26.2 Å². The van der Waals surface area contributed by atoms with E-state index in [1.54, 1.807) is 13.2 Å². The average molecular weight is 295 g/mol. The summed E-state index contributed by atoms with van der Waals surface area (Å²) in [5.74, 6) is 0.205. The highest BCUT2D eigenvalue weighted by Crippen LogP contribution is 2.36. The number of thiophene rings is 1. The molecule has 1 atom stereocenters. The van der Waals surface area contributed by atoms with Crippen LogP contribution in [0, 0.1) is 11.3 Å². The van der Waals surface area contributed by atoms with Crippen LogP contribution in [0.3, 0.4) is 0 Å². The SMILES string of the molecule is COC(C(=O)Nc1sccc1C(=O)C(C)(C)C)C1CC1. The van der Waals surface area contributed by atoms with Crippen LogP contribution >= 0.6 is 11.3 Å². The molecule has 1 amide bonds. The Hall–Kier alpha value is -1.20. The molecule has 1 N–H and O–H groups in total. The second-order valence-electron chi connectivity index (χ2n) is 6.23. The zero-order valence-corrected chi connectivity index (χ0v) is 13.2. The average Bonchev–Trinajstić information content (AvgIpc) is 3.08. The fourth-order valence-corrected chi connectivity index (χ4v) is 2.87. The van der Waals surface area contributed by atoms with Crippen molar-refractivity contribution in [1.82, 2.24) is 0 Å². The number of hydrogen-bond acceptors (Lipinski definition) is 4. The van der Waals surface area contributed by atoms with Crippen LogP contribution in [0.25, 0.3) is 0 Å². The number of carbonyl (C=O) groups is 2. The van der Waals surface area contributed by atoms with Crippen molar-refractivity contribution < 1.29 is 14.3 Å². The zero-order chi connectivity index (χ0) is 14.9. The number of hydrogen-bond donors (Lipinski definition) is 1. The number of nitrogens with one attached hydrogen (secondary N) is 1. The highest BCUT2D eigenvalue weighted by atomic mass is 32.1. The van der Waals surface area contributed by atoms with Gasteiger partial charge in [0, 0.05) is 12.5 Å². The molecule has 1 aliphatic rings. The highest BCUT2D eigenvalue weighted by Gasteiger charge is 2.37. The summed E-state index contributed by atoms with van der Waals surface area (Å²) in [4.78, 5) is 24.5. The molecule has 1 fully saturated rings. The third-order valence-corrected chi connectivity index (χ3v) is 4.22. The summed E-state index contributed by atoms with van der Waals surface area (Å²) < 4.78 is 5.26. The summed E-state index contributed by atoms with van der Waals surface area (Å²) in [5, 5.41) is 5.30. The predicted octanol–water partition coefficient (Wildman–Crippen LogP) is 3.34. The second kappa shape index (κ2) is 5.66. The molecule has 1 aromatic rings. The quantitative estimate of drug-likeness (QED) is 0.848. The number of rotatable bonds is 5. The molecule has 110 valence electrons. The van der Waals surface area contributed by atoms with Crippen LogP contribution in [0.1, 0.15) is 44.0 Å². The third kappa shape index (κ3) is 3.27. The van der Waals surface area contributed by atoms with Gasteiger partial charge in [0.05, 0.1) is 5.56 Å². The molecule has 2 rings (SSSR count). The van der Waals surface area contributed by atoms with Crippen molar-refractivity contribution in [3.63, 3.8) is 0 Å². The van der Waals surface area contributed by atoms with E-state index in [1.165, 1.54) is 11.3 Å². The van der Waals surface area contributed by atoms with Gasteiger partial charge in [0.2, 0.25) is 0 Å². The van der Waals surface area contributed by atoms with Gasteiger partial charge in [-0.1, -0.05) is 20.8 Å². The van der Waals surface area contributed by atoms with Crippen molar-refractivity contribution in [1.29, 1.82) is 0 Å². The lowest BCUT2D eigenvalue weighted by Crippen LogP contribution is -2.32. The summed E-state index contributed by atoms with van der Waals surface area (Å²) in [6, 6.07) is 1.77. The summed E-state index contributed by atoms with van der Waals surface area (Å²) in [5.41, 5.74) is 0.124. The minimum absolute atomic E-state index is 0.0365. The molecule has 5 heteroatoms. The molecular weight excluding hydrogens is 274 g/mol. The minimum atomic E-state index is -0.461. The van der Waals surface area contributed by atoms with Crippen molar-refractivity contribution in [3.8, 4) is 0 Å². The van der Waals surface area contributed by atoms with Gasteiger partial charge in [0.15, 0.2) is 5.78 Å². The molecule has 0 bridgehead atoms. The lowest BCUT2D eigenvalue weighted by atomic mass is 9.87. The van der Waals surface area contributed by atoms with Gasteiger partial charge < -0.3 is 10.1 Å². The monoisotopic (exact) mass is 295 g/mol. The summed E-state index contributed by atoms with van der Waals surface area (Å²) in [6.07, 6.45) is 1.66. The maximum absolute atomic E-state index is 12.3. The molecule has 1 heterocycles. The lowest BCUT2D eigenvalue weighted by molar-refractivity contribution is -0.126. The molecule has 20 heavy (non-hydrogen) atoms. The standard InChI is InChI=1S/C15H21NO3S/c1-15(2,3)12(17)10-7-8-20-14(10)16-13(18)11(19-4)9-5-6-9/h7-9,11H,5-6H2,1-4H3,(H,16,18). The van der Waals surface area contributed by atoms with E-state index in [0.29, 0.717) is 16.5 Å². The summed E-state index contributed by atoms with van der Waals surface area (Å²) in [7, 11) is 1.55. The van der Waals surface area contributed by atoms with Gasteiger partial charge in [-0.05, 0) is 30.2 Å². The van der Waals surface area contributed by atoms with Crippen molar-refractivity contribution in [2.24, 2.45) is 11.3 Å². The van der Waals surface area contributed by atoms with E-state index in [4.69, 9.17) is 4.74 Å². The van der Waals surface area contributed by atoms with Crippen molar-refractivity contribution in [3.05, 3.63) is 17.0 Å². The fourth-order valence-electron chi connectivity index (χ4n) is 2.08. The molecule has 0 radical (unpaired) electrons. The Kier molecular flexibility index (Phi) is 4.30. The number of amides is 1. The van der Waals surface area contributed by atoms with Gasteiger partial charge in [0.25, 0.3) is 5.91 Å². The topological polar surface area (TPSA) is 55.4 Å². The Labute approximate surface area is 123 Å². The predicted molar refractivity (Wildman–Crippen MR) is 80.3 cm³/mol. The molecule has 4 nitrogen and oxygen atoms in total. The van der Waals surface area contributed by atoms with Crippen LogP contribution in [0.2, 0.25) is 0 Å². The molecule has 1 saturated carbocycles. The smallest absolute Gasteiger partial charge is 0.254 e. The Balaban J connectivity index is 2.12. The number of ether oxygens (including phenoxy) is 1. The molecule has 1 unspecified atom stereocenters. The largest absolute Gasteiger partial charge is 0.371 e. The third-order valence-electron chi connectivity index (χ3n) is 3.39. The van der Waals surface area contributed by atoms with E-state index in [-0.39, 0.29) is 11.7 Å². The second-order valence-corrected chi connectivity index (χ2v) is 7.14. The maximum atomic E-state index is 12.3. The first kappa shape index (κ1) is 15.2. The van der Waals surface area contributed by atoms with Crippen LogP contribution in [0.5, 0.6) is 0 Å². The highest BCUT2D eigenvalue weighted by molar-refractivity contribution is 7.14. The fraction of sp³-hybridized carbons (Fsp3) is 0.600. The molecule has 0 spiro atoms. The minimum Gasteiger partial charge on any atom is -0.371 e. The first-order valence-corrected chi connectivity index (χ1v) is 7.68.